The highest BCUT2D eigenvalue weighted by Gasteiger charge is 2.22. The number of benzene rings is 1. The molecule has 1 saturated carbocycles. The molecule has 1 aromatic rings. The predicted molar refractivity (Wildman–Crippen MR) is 97.7 cm³/mol. The maximum atomic E-state index is 12.2. The van der Waals surface area contributed by atoms with Gasteiger partial charge < -0.3 is 15.0 Å². The quantitative estimate of drug-likeness (QED) is 0.811. The van der Waals surface area contributed by atoms with Crippen LogP contribution in [-0.2, 0) is 11.3 Å². The van der Waals surface area contributed by atoms with Gasteiger partial charge in [-0.3, -0.25) is 9.69 Å². The number of hydrogen-bond acceptors (Lipinski definition) is 4. The minimum atomic E-state index is 0. The molecule has 24 heavy (non-hydrogen) atoms. The first-order chi connectivity index (χ1) is 11.2. The smallest absolute Gasteiger partial charge is 0.236 e. The molecule has 1 amide bonds. The SMILES string of the molecule is CN(CC(=O)N1CCNCC1)Cc1ccc(OCC2CC2)cc1.Cl. The van der Waals surface area contributed by atoms with Gasteiger partial charge in [-0.15, -0.1) is 12.4 Å². The fourth-order valence-corrected chi connectivity index (χ4v) is 2.80. The summed E-state index contributed by atoms with van der Waals surface area (Å²) >= 11 is 0. The average Bonchev–Trinajstić information content (AvgIpc) is 3.39. The molecule has 0 unspecified atom stereocenters. The van der Waals surface area contributed by atoms with Gasteiger partial charge in [-0.2, -0.15) is 0 Å². The highest BCUT2D eigenvalue weighted by atomic mass is 35.5. The van der Waals surface area contributed by atoms with Gasteiger partial charge in [-0.05, 0) is 43.5 Å². The summed E-state index contributed by atoms with van der Waals surface area (Å²) in [6, 6.07) is 8.25. The summed E-state index contributed by atoms with van der Waals surface area (Å²) in [5.74, 6) is 1.94. The van der Waals surface area contributed by atoms with Crippen molar-refractivity contribution in [3.05, 3.63) is 29.8 Å². The molecule has 6 heteroatoms. The van der Waals surface area contributed by atoms with Gasteiger partial charge in [-0.25, -0.2) is 0 Å². The fraction of sp³-hybridized carbons (Fsp3) is 0.611. The molecular weight excluding hydrogens is 326 g/mol. The van der Waals surface area contributed by atoms with E-state index in [-0.39, 0.29) is 18.3 Å². The van der Waals surface area contributed by atoms with Crippen molar-refractivity contribution >= 4 is 18.3 Å². The van der Waals surface area contributed by atoms with Crippen LogP contribution in [0, 0.1) is 5.92 Å². The molecule has 1 aromatic carbocycles. The first-order valence-corrected chi connectivity index (χ1v) is 8.59. The number of piperazine rings is 1. The van der Waals surface area contributed by atoms with E-state index in [9.17, 15) is 4.79 Å². The number of nitrogens with zero attached hydrogens (tertiary/aromatic N) is 2. The van der Waals surface area contributed by atoms with Crippen molar-refractivity contribution in [2.24, 2.45) is 5.92 Å². The molecular formula is C18H28ClN3O2. The zero-order chi connectivity index (χ0) is 16.1. The Balaban J connectivity index is 0.00000208. The van der Waals surface area contributed by atoms with Crippen LogP contribution in [-0.4, -0.2) is 62.1 Å². The van der Waals surface area contributed by atoms with Crippen molar-refractivity contribution in [3.8, 4) is 5.75 Å². The number of ether oxygens (including phenoxy) is 1. The van der Waals surface area contributed by atoms with E-state index in [0.29, 0.717) is 6.54 Å². The minimum Gasteiger partial charge on any atom is -0.493 e. The summed E-state index contributed by atoms with van der Waals surface area (Å²) < 4.78 is 5.75. The molecule has 1 aliphatic carbocycles. The molecule has 1 aliphatic heterocycles. The molecule has 2 fully saturated rings. The summed E-state index contributed by atoms with van der Waals surface area (Å²) in [7, 11) is 2.00. The van der Waals surface area contributed by atoms with Crippen LogP contribution in [0.2, 0.25) is 0 Å². The van der Waals surface area contributed by atoms with Crippen molar-refractivity contribution in [2.75, 3.05) is 46.4 Å². The van der Waals surface area contributed by atoms with Crippen LogP contribution in [0.15, 0.2) is 24.3 Å². The standard InChI is InChI=1S/C18H27N3O2.ClH/c1-20(13-18(22)21-10-8-19-9-11-21)12-15-4-6-17(7-5-15)23-14-16-2-3-16;/h4-7,16,19H,2-3,8-14H2,1H3;1H. The molecule has 1 N–H and O–H groups in total. The Morgan fingerprint density at radius 2 is 1.92 bits per heavy atom. The topological polar surface area (TPSA) is 44.8 Å². The summed E-state index contributed by atoms with van der Waals surface area (Å²) in [6.45, 7) is 5.54. The van der Waals surface area contributed by atoms with E-state index >= 15 is 0 Å². The van der Waals surface area contributed by atoms with Gasteiger partial charge >= 0.3 is 0 Å². The molecule has 0 aromatic heterocycles. The molecule has 0 spiro atoms. The molecule has 0 bridgehead atoms. The second kappa shape index (κ2) is 9.25. The Hall–Kier alpha value is -1.30. The van der Waals surface area contributed by atoms with Crippen molar-refractivity contribution in [2.45, 2.75) is 19.4 Å². The zero-order valence-corrected chi connectivity index (χ0v) is 15.2. The lowest BCUT2D eigenvalue weighted by molar-refractivity contribution is -0.132. The highest BCUT2D eigenvalue weighted by Crippen LogP contribution is 2.29. The normalized spacial score (nSPS) is 17.5. The Morgan fingerprint density at radius 1 is 1.25 bits per heavy atom. The number of halogens is 1. The number of likely N-dealkylation sites (N-methyl/N-ethyl adjacent to an activating group) is 1. The van der Waals surface area contributed by atoms with Crippen LogP contribution in [0.25, 0.3) is 0 Å². The number of nitrogens with one attached hydrogen (secondary N) is 1. The van der Waals surface area contributed by atoms with Gasteiger partial charge in [0.1, 0.15) is 5.75 Å². The van der Waals surface area contributed by atoms with Gasteiger partial charge in [0.2, 0.25) is 5.91 Å². The van der Waals surface area contributed by atoms with Gasteiger partial charge in [0.05, 0.1) is 13.2 Å². The van der Waals surface area contributed by atoms with Crippen LogP contribution in [0.3, 0.4) is 0 Å². The number of carbonyl (C=O) groups is 1. The zero-order valence-electron chi connectivity index (χ0n) is 14.4. The first kappa shape index (κ1) is 19.0. The average molecular weight is 354 g/mol. The monoisotopic (exact) mass is 353 g/mol. The first-order valence-electron chi connectivity index (χ1n) is 8.59. The number of amides is 1. The van der Waals surface area contributed by atoms with Crippen LogP contribution in [0.1, 0.15) is 18.4 Å². The predicted octanol–water partition coefficient (Wildman–Crippen LogP) is 1.76. The van der Waals surface area contributed by atoms with Crippen molar-refractivity contribution < 1.29 is 9.53 Å². The molecule has 0 radical (unpaired) electrons. The van der Waals surface area contributed by atoms with Gasteiger partial charge in [0.15, 0.2) is 0 Å². The molecule has 2 aliphatic rings. The third-order valence-corrected chi connectivity index (χ3v) is 4.43. The summed E-state index contributed by atoms with van der Waals surface area (Å²) in [5.41, 5.74) is 1.21. The van der Waals surface area contributed by atoms with E-state index < -0.39 is 0 Å². The Kier molecular flexibility index (Phi) is 7.34. The van der Waals surface area contributed by atoms with Gasteiger partial charge in [0, 0.05) is 32.7 Å². The second-order valence-electron chi connectivity index (χ2n) is 6.70. The lowest BCUT2D eigenvalue weighted by Gasteiger charge is -2.29. The second-order valence-corrected chi connectivity index (χ2v) is 6.70. The largest absolute Gasteiger partial charge is 0.493 e. The van der Waals surface area contributed by atoms with Crippen molar-refractivity contribution in [1.29, 1.82) is 0 Å². The maximum Gasteiger partial charge on any atom is 0.236 e. The van der Waals surface area contributed by atoms with Crippen LogP contribution < -0.4 is 10.1 Å². The van der Waals surface area contributed by atoms with E-state index in [0.717, 1.165) is 51.0 Å². The van der Waals surface area contributed by atoms with Crippen LogP contribution in [0.4, 0.5) is 0 Å². The summed E-state index contributed by atoms with van der Waals surface area (Å²) in [6.07, 6.45) is 2.62. The molecule has 1 heterocycles. The lowest BCUT2D eigenvalue weighted by atomic mass is 10.2. The molecule has 3 rings (SSSR count). The van der Waals surface area contributed by atoms with Gasteiger partial charge in [-0.1, -0.05) is 12.1 Å². The molecule has 5 nitrogen and oxygen atoms in total. The van der Waals surface area contributed by atoms with Crippen LogP contribution in [0.5, 0.6) is 5.75 Å². The Morgan fingerprint density at radius 3 is 2.54 bits per heavy atom. The third kappa shape index (κ3) is 5.96. The number of rotatable bonds is 7. The fourth-order valence-electron chi connectivity index (χ4n) is 2.80. The molecule has 134 valence electrons. The maximum absolute atomic E-state index is 12.2. The van der Waals surface area contributed by atoms with Crippen molar-refractivity contribution in [3.63, 3.8) is 0 Å². The molecule has 1 saturated heterocycles. The third-order valence-electron chi connectivity index (χ3n) is 4.43. The summed E-state index contributed by atoms with van der Waals surface area (Å²) in [4.78, 5) is 16.3. The highest BCUT2D eigenvalue weighted by molar-refractivity contribution is 5.85. The Bertz CT molecular complexity index is 514. The van der Waals surface area contributed by atoms with E-state index in [2.05, 4.69) is 22.3 Å². The minimum absolute atomic E-state index is 0. The molecule has 0 atom stereocenters. The van der Waals surface area contributed by atoms with Crippen LogP contribution >= 0.6 is 12.4 Å². The number of hydrogen-bond donors (Lipinski definition) is 1. The van der Waals surface area contributed by atoms with Crippen molar-refractivity contribution in [1.82, 2.24) is 15.1 Å². The van der Waals surface area contributed by atoms with Gasteiger partial charge in [0.25, 0.3) is 0 Å². The van der Waals surface area contributed by atoms with E-state index in [1.165, 1.54) is 18.4 Å². The van der Waals surface area contributed by atoms with E-state index in [4.69, 9.17) is 4.74 Å². The Labute approximate surface area is 150 Å². The van der Waals surface area contributed by atoms with E-state index in [1.807, 2.05) is 24.1 Å². The lowest BCUT2D eigenvalue weighted by Crippen LogP contribution is -2.49. The van der Waals surface area contributed by atoms with E-state index in [1.54, 1.807) is 0 Å². The summed E-state index contributed by atoms with van der Waals surface area (Å²) in [5, 5.41) is 3.27. The number of carbonyl (C=O) groups excluding carboxylic acids is 1.